The fourth-order valence-corrected chi connectivity index (χ4v) is 3.21. The Labute approximate surface area is 116 Å². The van der Waals surface area contributed by atoms with Crippen molar-refractivity contribution in [1.29, 1.82) is 0 Å². The molecule has 2 aliphatic heterocycles. The van der Waals surface area contributed by atoms with Crippen LogP contribution in [0.2, 0.25) is 5.02 Å². The second-order valence-corrected chi connectivity index (χ2v) is 5.75. The number of hydrogen-bond donors (Lipinski definition) is 1. The summed E-state index contributed by atoms with van der Waals surface area (Å²) in [7, 11) is 0. The van der Waals surface area contributed by atoms with Crippen molar-refractivity contribution in [3.8, 4) is 0 Å². The lowest BCUT2D eigenvalue weighted by atomic mass is 9.88. The van der Waals surface area contributed by atoms with Crippen LogP contribution in [0.4, 0.5) is 4.39 Å². The van der Waals surface area contributed by atoms with Crippen molar-refractivity contribution in [1.82, 2.24) is 10.2 Å². The highest BCUT2D eigenvalue weighted by atomic mass is 35.5. The van der Waals surface area contributed by atoms with Crippen LogP contribution in [0.15, 0.2) is 18.2 Å². The van der Waals surface area contributed by atoms with Crippen LogP contribution in [0.5, 0.6) is 0 Å². The van der Waals surface area contributed by atoms with Gasteiger partial charge < -0.3 is 10.2 Å². The number of carbonyl (C=O) groups excluding carboxylic acids is 1. The molecule has 2 aliphatic rings. The van der Waals surface area contributed by atoms with E-state index >= 15 is 0 Å². The Morgan fingerprint density at radius 3 is 2.95 bits per heavy atom. The highest BCUT2D eigenvalue weighted by molar-refractivity contribution is 6.31. The third-order valence-corrected chi connectivity index (χ3v) is 4.45. The number of nitrogens with one attached hydrogen (secondary N) is 1. The van der Waals surface area contributed by atoms with Gasteiger partial charge in [-0.25, -0.2) is 4.39 Å². The molecule has 2 unspecified atom stereocenters. The average molecular weight is 283 g/mol. The molecule has 0 aliphatic carbocycles. The van der Waals surface area contributed by atoms with Gasteiger partial charge in [-0.2, -0.15) is 0 Å². The van der Waals surface area contributed by atoms with Crippen LogP contribution in [-0.2, 0) is 0 Å². The first-order chi connectivity index (χ1) is 9.15. The number of fused-ring (bicyclic) bond motifs is 1. The van der Waals surface area contributed by atoms with E-state index in [4.69, 9.17) is 11.6 Å². The van der Waals surface area contributed by atoms with Gasteiger partial charge in [0, 0.05) is 18.7 Å². The van der Waals surface area contributed by atoms with Gasteiger partial charge in [0.05, 0.1) is 5.02 Å². The van der Waals surface area contributed by atoms with E-state index < -0.39 is 5.82 Å². The molecule has 2 atom stereocenters. The third-order valence-electron chi connectivity index (χ3n) is 4.16. The number of piperidine rings is 1. The summed E-state index contributed by atoms with van der Waals surface area (Å²) in [5.41, 5.74) is 0.468. The maximum Gasteiger partial charge on any atom is 0.253 e. The predicted octanol–water partition coefficient (Wildman–Crippen LogP) is 2.16. The lowest BCUT2D eigenvalue weighted by Gasteiger charge is -2.34. The summed E-state index contributed by atoms with van der Waals surface area (Å²) in [6.07, 6.45) is 1.04. The number of rotatable bonds is 1. The molecular formula is C14H16ClFN2O. The second-order valence-electron chi connectivity index (χ2n) is 5.35. The molecule has 3 nitrogen and oxygen atoms in total. The summed E-state index contributed by atoms with van der Waals surface area (Å²) in [6, 6.07) is 4.17. The minimum absolute atomic E-state index is 0.00303. The number of likely N-dealkylation sites (tertiary alicyclic amines) is 1. The number of halogens is 2. The van der Waals surface area contributed by atoms with Gasteiger partial charge in [0.25, 0.3) is 5.91 Å². The molecule has 102 valence electrons. The second kappa shape index (κ2) is 5.10. The first kappa shape index (κ1) is 12.9. The van der Waals surface area contributed by atoms with E-state index in [1.807, 2.05) is 4.90 Å². The number of benzene rings is 1. The number of carbonyl (C=O) groups is 1. The minimum atomic E-state index is -0.489. The zero-order valence-electron chi connectivity index (χ0n) is 10.5. The molecule has 2 saturated heterocycles. The fraction of sp³-hybridized carbons (Fsp3) is 0.500. The Balaban J connectivity index is 1.74. The molecule has 3 rings (SSSR count). The molecule has 1 aromatic rings. The topological polar surface area (TPSA) is 32.3 Å². The first-order valence-electron chi connectivity index (χ1n) is 6.60. The quantitative estimate of drug-likeness (QED) is 0.856. The van der Waals surface area contributed by atoms with Gasteiger partial charge in [0.2, 0.25) is 0 Å². The monoisotopic (exact) mass is 282 g/mol. The Morgan fingerprint density at radius 2 is 2.16 bits per heavy atom. The number of amides is 1. The molecule has 0 spiro atoms. The molecule has 1 amide bonds. The zero-order valence-corrected chi connectivity index (χ0v) is 11.3. The van der Waals surface area contributed by atoms with Crippen molar-refractivity contribution in [2.75, 3.05) is 26.2 Å². The fourth-order valence-electron chi connectivity index (χ4n) is 3.03. The van der Waals surface area contributed by atoms with Gasteiger partial charge in [-0.15, -0.1) is 0 Å². The molecule has 1 aromatic carbocycles. The number of nitrogens with zero attached hydrogens (tertiary/aromatic N) is 1. The Bertz CT molecular complexity index is 508. The van der Waals surface area contributed by atoms with Crippen molar-refractivity contribution in [3.63, 3.8) is 0 Å². The van der Waals surface area contributed by atoms with Gasteiger partial charge in [-0.05, 0) is 49.5 Å². The van der Waals surface area contributed by atoms with Gasteiger partial charge in [-0.1, -0.05) is 11.6 Å². The molecule has 1 N–H and O–H groups in total. The average Bonchev–Trinajstić information content (AvgIpc) is 2.88. The molecule has 0 radical (unpaired) electrons. The Kier molecular flexibility index (Phi) is 3.46. The van der Waals surface area contributed by atoms with E-state index in [-0.39, 0.29) is 10.9 Å². The van der Waals surface area contributed by atoms with Crippen molar-refractivity contribution in [2.45, 2.75) is 6.42 Å². The molecule has 5 heteroatoms. The van der Waals surface area contributed by atoms with E-state index in [9.17, 15) is 9.18 Å². The van der Waals surface area contributed by atoms with Gasteiger partial charge in [0.15, 0.2) is 0 Å². The van der Waals surface area contributed by atoms with Crippen LogP contribution in [0.25, 0.3) is 0 Å². The molecule has 2 heterocycles. The maximum atomic E-state index is 13.1. The summed E-state index contributed by atoms with van der Waals surface area (Å²) < 4.78 is 13.1. The summed E-state index contributed by atoms with van der Waals surface area (Å²) >= 11 is 5.73. The van der Waals surface area contributed by atoms with Gasteiger partial charge >= 0.3 is 0 Å². The summed E-state index contributed by atoms with van der Waals surface area (Å²) in [5.74, 6) is 0.707. The van der Waals surface area contributed by atoms with E-state index in [2.05, 4.69) is 5.32 Å². The third kappa shape index (κ3) is 2.47. The van der Waals surface area contributed by atoms with Crippen molar-refractivity contribution >= 4 is 17.5 Å². The smallest absolute Gasteiger partial charge is 0.253 e. The molecular weight excluding hydrogens is 267 g/mol. The van der Waals surface area contributed by atoms with E-state index in [0.29, 0.717) is 17.4 Å². The molecule has 19 heavy (non-hydrogen) atoms. The normalized spacial score (nSPS) is 26.3. The molecule has 0 aromatic heterocycles. The lowest BCUT2D eigenvalue weighted by Crippen LogP contribution is -2.43. The highest BCUT2D eigenvalue weighted by Gasteiger charge is 2.34. The molecule has 2 fully saturated rings. The minimum Gasteiger partial charge on any atom is -0.338 e. The SMILES string of the molecule is O=C(c1ccc(F)c(Cl)c1)N1CCC2CNCC2C1. The van der Waals surface area contributed by atoms with Gasteiger partial charge in [0.1, 0.15) is 5.82 Å². The van der Waals surface area contributed by atoms with Crippen LogP contribution in [-0.4, -0.2) is 37.0 Å². The van der Waals surface area contributed by atoms with Crippen LogP contribution in [0.1, 0.15) is 16.8 Å². The van der Waals surface area contributed by atoms with E-state index in [0.717, 1.165) is 32.6 Å². The Morgan fingerprint density at radius 1 is 1.37 bits per heavy atom. The van der Waals surface area contributed by atoms with E-state index in [1.165, 1.54) is 18.2 Å². The highest BCUT2D eigenvalue weighted by Crippen LogP contribution is 2.27. The summed E-state index contributed by atoms with van der Waals surface area (Å²) in [5, 5.41) is 3.37. The zero-order chi connectivity index (χ0) is 13.4. The van der Waals surface area contributed by atoms with Crippen LogP contribution in [0, 0.1) is 17.7 Å². The summed E-state index contributed by atoms with van der Waals surface area (Å²) in [6.45, 7) is 3.61. The standard InChI is InChI=1S/C14H16ClFN2O/c15-12-5-9(1-2-13(12)16)14(19)18-4-3-10-6-17-7-11(10)8-18/h1-2,5,10-11,17H,3-4,6-8H2. The van der Waals surface area contributed by atoms with Gasteiger partial charge in [-0.3, -0.25) is 4.79 Å². The first-order valence-corrected chi connectivity index (χ1v) is 6.98. The van der Waals surface area contributed by atoms with E-state index in [1.54, 1.807) is 0 Å². The molecule has 0 saturated carbocycles. The number of hydrogen-bond acceptors (Lipinski definition) is 2. The van der Waals surface area contributed by atoms with Crippen LogP contribution < -0.4 is 5.32 Å². The summed E-state index contributed by atoms with van der Waals surface area (Å²) in [4.78, 5) is 14.2. The van der Waals surface area contributed by atoms with Crippen LogP contribution in [0.3, 0.4) is 0 Å². The largest absolute Gasteiger partial charge is 0.338 e. The molecule has 0 bridgehead atoms. The predicted molar refractivity (Wildman–Crippen MR) is 71.8 cm³/mol. The Hall–Kier alpha value is -1.13. The van der Waals surface area contributed by atoms with Crippen molar-refractivity contribution in [3.05, 3.63) is 34.6 Å². The maximum absolute atomic E-state index is 13.1. The lowest BCUT2D eigenvalue weighted by molar-refractivity contribution is 0.0642. The van der Waals surface area contributed by atoms with Crippen molar-refractivity contribution < 1.29 is 9.18 Å². The van der Waals surface area contributed by atoms with Crippen LogP contribution >= 0.6 is 11.6 Å². The van der Waals surface area contributed by atoms with Crippen molar-refractivity contribution in [2.24, 2.45) is 11.8 Å².